The van der Waals surface area contributed by atoms with Crippen molar-refractivity contribution in [1.82, 2.24) is 10.2 Å². The topological polar surface area (TPSA) is 51.4 Å². The first kappa shape index (κ1) is 19.0. The molecule has 0 atom stereocenters. The van der Waals surface area contributed by atoms with Crippen LogP contribution in [0.2, 0.25) is 0 Å². The summed E-state index contributed by atoms with van der Waals surface area (Å²) in [6.45, 7) is 2.97. The Hall–Kier alpha value is -1.29. The van der Waals surface area contributed by atoms with Crippen molar-refractivity contribution in [2.75, 3.05) is 20.1 Å². The zero-order valence-electron chi connectivity index (χ0n) is 14.4. The zero-order valence-corrected chi connectivity index (χ0v) is 16.8. The van der Waals surface area contributed by atoms with Gasteiger partial charge in [0.2, 0.25) is 0 Å². The zero-order chi connectivity index (χ0) is 16.1. The number of nitrogens with one attached hydrogen (secondary N) is 1. The maximum absolute atomic E-state index is 9.00. The minimum absolute atomic E-state index is 0. The molecule has 0 bridgehead atoms. The molecule has 0 unspecified atom stereocenters. The van der Waals surface area contributed by atoms with Crippen molar-refractivity contribution < 1.29 is 0 Å². The molecule has 1 saturated carbocycles. The predicted molar refractivity (Wildman–Crippen MR) is 108 cm³/mol. The van der Waals surface area contributed by atoms with Crippen molar-refractivity contribution in [3.05, 3.63) is 35.4 Å². The molecule has 1 aliphatic heterocycles. The number of nitriles is 1. The number of guanidine groups is 1. The van der Waals surface area contributed by atoms with Crippen molar-refractivity contribution in [1.29, 1.82) is 5.26 Å². The molecule has 0 aromatic heterocycles. The van der Waals surface area contributed by atoms with Crippen molar-refractivity contribution in [2.24, 2.45) is 10.4 Å². The lowest BCUT2D eigenvalue weighted by Gasteiger charge is -2.33. The van der Waals surface area contributed by atoms with Gasteiger partial charge in [-0.1, -0.05) is 31.4 Å². The van der Waals surface area contributed by atoms with Crippen LogP contribution in [0.3, 0.4) is 0 Å². The van der Waals surface area contributed by atoms with E-state index in [1.165, 1.54) is 38.5 Å². The van der Waals surface area contributed by atoms with Crippen LogP contribution in [0, 0.1) is 16.7 Å². The Morgan fingerprint density at radius 3 is 2.79 bits per heavy atom. The summed E-state index contributed by atoms with van der Waals surface area (Å²) in [7, 11) is 1.86. The summed E-state index contributed by atoms with van der Waals surface area (Å²) in [5.41, 5.74) is 2.37. The van der Waals surface area contributed by atoms with Crippen molar-refractivity contribution >= 4 is 29.9 Å². The van der Waals surface area contributed by atoms with Crippen LogP contribution in [0.5, 0.6) is 0 Å². The Morgan fingerprint density at radius 1 is 1.29 bits per heavy atom. The Morgan fingerprint density at radius 2 is 2.08 bits per heavy atom. The Labute approximate surface area is 162 Å². The van der Waals surface area contributed by atoms with Crippen LogP contribution < -0.4 is 5.32 Å². The Bertz CT molecular complexity index is 614. The van der Waals surface area contributed by atoms with Gasteiger partial charge in [0, 0.05) is 26.7 Å². The van der Waals surface area contributed by atoms with Crippen LogP contribution in [0.4, 0.5) is 0 Å². The normalized spacial score (nSPS) is 19.7. The molecular formula is C19H27IN4. The van der Waals surface area contributed by atoms with Crippen molar-refractivity contribution in [3.8, 4) is 6.07 Å². The maximum Gasteiger partial charge on any atom is 0.193 e. The molecule has 0 radical (unpaired) electrons. The van der Waals surface area contributed by atoms with Gasteiger partial charge in [-0.25, -0.2) is 0 Å². The first-order valence-electron chi connectivity index (χ1n) is 8.69. The summed E-state index contributed by atoms with van der Waals surface area (Å²) in [6.07, 6.45) is 8.25. The van der Waals surface area contributed by atoms with Crippen LogP contribution >= 0.6 is 24.0 Å². The first-order valence-corrected chi connectivity index (χ1v) is 8.69. The molecule has 1 saturated heterocycles. The number of halogens is 1. The lowest BCUT2D eigenvalue weighted by molar-refractivity contribution is 0.203. The molecule has 24 heavy (non-hydrogen) atoms. The third-order valence-electron chi connectivity index (χ3n) is 5.37. The minimum atomic E-state index is 0. The van der Waals surface area contributed by atoms with Crippen LogP contribution in [0.25, 0.3) is 0 Å². The minimum Gasteiger partial charge on any atom is -0.352 e. The number of benzene rings is 1. The van der Waals surface area contributed by atoms with E-state index in [1.807, 2.05) is 31.3 Å². The smallest absolute Gasteiger partial charge is 0.193 e. The highest BCUT2D eigenvalue weighted by Gasteiger charge is 2.39. The van der Waals surface area contributed by atoms with Crippen LogP contribution in [0.1, 0.15) is 49.7 Å². The Kier molecular flexibility index (Phi) is 6.90. The Balaban J connectivity index is 0.00000208. The van der Waals surface area contributed by atoms with E-state index in [0.29, 0.717) is 17.5 Å². The van der Waals surface area contributed by atoms with E-state index in [1.54, 1.807) is 0 Å². The van der Waals surface area contributed by atoms with Gasteiger partial charge in [-0.2, -0.15) is 5.26 Å². The molecule has 1 spiro atoms. The van der Waals surface area contributed by atoms with Gasteiger partial charge in [-0.15, -0.1) is 24.0 Å². The summed E-state index contributed by atoms with van der Waals surface area (Å²) >= 11 is 0. The molecule has 1 aliphatic carbocycles. The summed E-state index contributed by atoms with van der Waals surface area (Å²) in [5.74, 6) is 0.995. The van der Waals surface area contributed by atoms with E-state index in [2.05, 4.69) is 21.3 Å². The van der Waals surface area contributed by atoms with Crippen LogP contribution in [0.15, 0.2) is 29.3 Å². The molecule has 1 aromatic carbocycles. The number of hydrogen-bond acceptors (Lipinski definition) is 2. The average Bonchev–Trinajstić information content (AvgIpc) is 2.99. The van der Waals surface area contributed by atoms with Crippen LogP contribution in [-0.4, -0.2) is 31.0 Å². The number of aliphatic imine (C=N–C) groups is 1. The second-order valence-corrected chi connectivity index (χ2v) is 6.95. The monoisotopic (exact) mass is 438 g/mol. The molecule has 2 aliphatic rings. The van der Waals surface area contributed by atoms with E-state index in [4.69, 9.17) is 5.26 Å². The van der Waals surface area contributed by atoms with Crippen molar-refractivity contribution in [2.45, 2.75) is 45.1 Å². The molecule has 1 aromatic rings. The van der Waals surface area contributed by atoms with Crippen LogP contribution in [-0.2, 0) is 6.54 Å². The summed E-state index contributed by atoms with van der Waals surface area (Å²) in [6, 6.07) is 9.96. The van der Waals surface area contributed by atoms with Gasteiger partial charge < -0.3 is 10.2 Å². The van der Waals surface area contributed by atoms with E-state index >= 15 is 0 Å². The first-order chi connectivity index (χ1) is 11.2. The summed E-state index contributed by atoms with van der Waals surface area (Å²) < 4.78 is 0. The van der Waals surface area contributed by atoms with Gasteiger partial charge in [0.1, 0.15) is 0 Å². The maximum atomic E-state index is 9.00. The predicted octanol–water partition coefficient (Wildman–Crippen LogP) is 3.91. The third-order valence-corrected chi connectivity index (χ3v) is 5.37. The van der Waals surface area contributed by atoms with E-state index < -0.39 is 0 Å². The molecule has 3 rings (SSSR count). The highest BCUT2D eigenvalue weighted by Crippen LogP contribution is 2.43. The number of nitrogens with zero attached hydrogens (tertiary/aromatic N) is 3. The number of rotatable bonds is 2. The van der Waals surface area contributed by atoms with E-state index in [9.17, 15) is 0 Å². The van der Waals surface area contributed by atoms with Gasteiger partial charge in [0.25, 0.3) is 0 Å². The van der Waals surface area contributed by atoms with E-state index in [0.717, 1.165) is 24.6 Å². The van der Waals surface area contributed by atoms with Gasteiger partial charge in [-0.3, -0.25) is 4.99 Å². The number of hydrogen-bond donors (Lipinski definition) is 1. The fourth-order valence-corrected chi connectivity index (χ4v) is 4.09. The second kappa shape index (κ2) is 8.70. The molecule has 1 N–H and O–H groups in total. The molecular weight excluding hydrogens is 411 g/mol. The van der Waals surface area contributed by atoms with Gasteiger partial charge >= 0.3 is 0 Å². The van der Waals surface area contributed by atoms with Gasteiger partial charge in [-0.05, 0) is 42.4 Å². The fourth-order valence-electron chi connectivity index (χ4n) is 4.09. The molecule has 5 heteroatoms. The number of likely N-dealkylation sites (tertiary alicyclic amines) is 1. The third kappa shape index (κ3) is 4.41. The van der Waals surface area contributed by atoms with Gasteiger partial charge in [0.05, 0.1) is 11.6 Å². The fraction of sp³-hybridized carbons (Fsp3) is 0.579. The molecule has 2 fully saturated rings. The largest absolute Gasteiger partial charge is 0.352 e. The highest BCUT2D eigenvalue weighted by molar-refractivity contribution is 14.0. The molecule has 4 nitrogen and oxygen atoms in total. The molecule has 0 amide bonds. The summed E-state index contributed by atoms with van der Waals surface area (Å²) in [4.78, 5) is 6.89. The molecule has 130 valence electrons. The van der Waals surface area contributed by atoms with E-state index in [-0.39, 0.29) is 24.0 Å². The SMILES string of the molecule is CN=C(NCc1cccc(C#N)c1)N1CCC2(CCCCC2)C1.I. The standard InChI is InChI=1S/C19H26N4.HI/c1-21-18(22-14-17-7-5-6-16(12-17)13-20)23-11-10-19(15-23)8-3-2-4-9-19;/h5-7,12H,2-4,8-11,14-15H2,1H3,(H,21,22);1H. The second-order valence-electron chi connectivity index (χ2n) is 6.95. The van der Waals surface area contributed by atoms with Crippen molar-refractivity contribution in [3.63, 3.8) is 0 Å². The lowest BCUT2D eigenvalue weighted by atomic mass is 9.73. The highest BCUT2D eigenvalue weighted by atomic mass is 127. The lowest BCUT2D eigenvalue weighted by Crippen LogP contribution is -2.41. The average molecular weight is 438 g/mol. The van der Waals surface area contributed by atoms with Gasteiger partial charge in [0.15, 0.2) is 5.96 Å². The summed E-state index contributed by atoms with van der Waals surface area (Å²) in [5, 5.41) is 12.5. The quantitative estimate of drug-likeness (QED) is 0.433. The molecule has 1 heterocycles.